The number of piperidine rings is 1. The van der Waals surface area contributed by atoms with Gasteiger partial charge in [0.1, 0.15) is 0 Å². The maximum atomic E-state index is 10.9. The van der Waals surface area contributed by atoms with Crippen LogP contribution in [0.2, 0.25) is 0 Å². The predicted molar refractivity (Wildman–Crippen MR) is 84.7 cm³/mol. The molecule has 0 amide bonds. The van der Waals surface area contributed by atoms with E-state index in [0.717, 1.165) is 45.4 Å². The van der Waals surface area contributed by atoms with Gasteiger partial charge in [-0.25, -0.2) is 4.98 Å². The Bertz CT molecular complexity index is 456. The van der Waals surface area contributed by atoms with Gasteiger partial charge in [-0.3, -0.25) is 14.6 Å². The number of likely N-dealkylation sites (N-methyl/N-ethyl adjacent to an activating group) is 1. The molecule has 6 heteroatoms. The molecule has 0 unspecified atom stereocenters. The molecule has 5 nitrogen and oxygen atoms in total. The van der Waals surface area contributed by atoms with Gasteiger partial charge >= 0.3 is 5.97 Å². The van der Waals surface area contributed by atoms with Gasteiger partial charge in [0.05, 0.1) is 17.2 Å². The van der Waals surface area contributed by atoms with Crippen LogP contribution in [0.1, 0.15) is 37.4 Å². The summed E-state index contributed by atoms with van der Waals surface area (Å²) < 4.78 is 0. The smallest absolute Gasteiger partial charge is 0.317 e. The van der Waals surface area contributed by atoms with E-state index in [1.807, 2.05) is 6.92 Å². The third-order valence-electron chi connectivity index (χ3n) is 4.11. The minimum absolute atomic E-state index is 0.160. The highest BCUT2D eigenvalue weighted by Gasteiger charge is 2.25. The maximum absolute atomic E-state index is 10.9. The van der Waals surface area contributed by atoms with Crippen molar-refractivity contribution in [1.29, 1.82) is 0 Å². The normalized spacial score (nSPS) is 17.5. The molecule has 0 atom stereocenters. The standard InChI is InChI=1S/C15H25N3O2S/c1-3-14-16-12(11-21-14)9-17-7-5-13(6-8-17)18(4-2)10-15(19)20/h11,13H,3-10H2,1-2H3,(H,19,20). The van der Waals surface area contributed by atoms with E-state index in [1.54, 1.807) is 11.3 Å². The molecule has 0 saturated carbocycles. The molecule has 0 spiro atoms. The van der Waals surface area contributed by atoms with Crippen molar-refractivity contribution < 1.29 is 9.90 Å². The van der Waals surface area contributed by atoms with Crippen molar-refractivity contribution in [2.45, 2.75) is 45.7 Å². The molecule has 0 aromatic carbocycles. The van der Waals surface area contributed by atoms with E-state index in [1.165, 1.54) is 10.7 Å². The van der Waals surface area contributed by atoms with Gasteiger partial charge < -0.3 is 5.11 Å². The van der Waals surface area contributed by atoms with Gasteiger partial charge in [-0.1, -0.05) is 13.8 Å². The summed E-state index contributed by atoms with van der Waals surface area (Å²) in [6, 6.07) is 0.406. The number of aromatic nitrogens is 1. The van der Waals surface area contributed by atoms with Crippen LogP contribution in [-0.2, 0) is 17.8 Å². The Morgan fingerprint density at radius 3 is 2.71 bits per heavy atom. The Hall–Kier alpha value is -0.980. The molecule has 21 heavy (non-hydrogen) atoms. The molecule has 0 radical (unpaired) electrons. The maximum Gasteiger partial charge on any atom is 0.317 e. The van der Waals surface area contributed by atoms with E-state index >= 15 is 0 Å². The molecular weight excluding hydrogens is 286 g/mol. The van der Waals surface area contributed by atoms with Gasteiger partial charge in [0, 0.05) is 31.1 Å². The molecule has 118 valence electrons. The quantitative estimate of drug-likeness (QED) is 0.835. The first-order valence-electron chi connectivity index (χ1n) is 7.73. The molecule has 1 N–H and O–H groups in total. The second-order valence-corrected chi connectivity index (χ2v) is 6.49. The first-order valence-corrected chi connectivity index (χ1v) is 8.61. The number of aryl methyl sites for hydroxylation is 1. The fraction of sp³-hybridized carbons (Fsp3) is 0.733. The minimum Gasteiger partial charge on any atom is -0.480 e. The van der Waals surface area contributed by atoms with Crippen molar-refractivity contribution in [2.75, 3.05) is 26.2 Å². The Labute approximate surface area is 130 Å². The summed E-state index contributed by atoms with van der Waals surface area (Å²) in [4.78, 5) is 20.0. The number of likely N-dealkylation sites (tertiary alicyclic amines) is 1. The molecule has 1 aromatic rings. The summed E-state index contributed by atoms with van der Waals surface area (Å²) in [6.45, 7) is 8.12. The lowest BCUT2D eigenvalue weighted by Crippen LogP contribution is -2.46. The highest BCUT2D eigenvalue weighted by molar-refractivity contribution is 7.09. The van der Waals surface area contributed by atoms with Crippen LogP contribution in [0.5, 0.6) is 0 Å². The third kappa shape index (κ3) is 4.76. The fourth-order valence-electron chi connectivity index (χ4n) is 2.93. The number of rotatable bonds is 7. The monoisotopic (exact) mass is 311 g/mol. The molecule has 1 saturated heterocycles. The zero-order valence-corrected chi connectivity index (χ0v) is 13.7. The highest BCUT2D eigenvalue weighted by Crippen LogP contribution is 2.19. The largest absolute Gasteiger partial charge is 0.480 e. The highest BCUT2D eigenvalue weighted by atomic mass is 32.1. The average molecular weight is 311 g/mol. The number of aliphatic carboxylic acids is 1. The summed E-state index contributed by atoms with van der Waals surface area (Å²) in [6.07, 6.45) is 3.10. The van der Waals surface area contributed by atoms with Crippen molar-refractivity contribution in [3.8, 4) is 0 Å². The predicted octanol–water partition coefficient (Wildman–Crippen LogP) is 2.08. The first-order chi connectivity index (χ1) is 10.1. The molecule has 1 aliphatic rings. The second-order valence-electron chi connectivity index (χ2n) is 5.55. The van der Waals surface area contributed by atoms with E-state index in [9.17, 15) is 4.79 Å². The molecule has 1 aromatic heterocycles. The number of nitrogens with zero attached hydrogens (tertiary/aromatic N) is 3. The van der Waals surface area contributed by atoms with Gasteiger partial charge in [-0.05, 0) is 25.8 Å². The molecule has 1 aliphatic heterocycles. The topological polar surface area (TPSA) is 56.7 Å². The molecule has 1 fully saturated rings. The number of carboxylic acids is 1. The number of hydrogen-bond donors (Lipinski definition) is 1. The van der Waals surface area contributed by atoms with E-state index < -0.39 is 5.97 Å². The van der Waals surface area contributed by atoms with Crippen molar-refractivity contribution in [1.82, 2.24) is 14.8 Å². The van der Waals surface area contributed by atoms with Crippen molar-refractivity contribution in [3.63, 3.8) is 0 Å². The lowest BCUT2D eigenvalue weighted by atomic mass is 10.0. The molecule has 2 rings (SSSR count). The summed E-state index contributed by atoms with van der Waals surface area (Å²) in [5, 5.41) is 12.3. The van der Waals surface area contributed by atoms with E-state index in [2.05, 4.69) is 27.1 Å². The van der Waals surface area contributed by atoms with Crippen LogP contribution in [0.3, 0.4) is 0 Å². The SMILES string of the molecule is CCc1nc(CN2CCC(N(CC)CC(=O)O)CC2)cs1. The van der Waals surface area contributed by atoms with Crippen LogP contribution in [0.25, 0.3) is 0 Å². The number of thiazole rings is 1. The summed E-state index contributed by atoms with van der Waals surface area (Å²) in [5.74, 6) is -0.728. The van der Waals surface area contributed by atoms with Crippen LogP contribution in [0.15, 0.2) is 5.38 Å². The van der Waals surface area contributed by atoms with Gasteiger partial charge in [0.15, 0.2) is 0 Å². The Morgan fingerprint density at radius 2 is 2.19 bits per heavy atom. The molecule has 0 bridgehead atoms. The van der Waals surface area contributed by atoms with Crippen molar-refractivity contribution >= 4 is 17.3 Å². The lowest BCUT2D eigenvalue weighted by Gasteiger charge is -2.37. The number of hydrogen-bond acceptors (Lipinski definition) is 5. The third-order valence-corrected chi connectivity index (χ3v) is 5.15. The molecule has 2 heterocycles. The molecular formula is C15H25N3O2S. The first kappa shape index (κ1) is 16.4. The van der Waals surface area contributed by atoms with E-state index in [0.29, 0.717) is 6.04 Å². The van der Waals surface area contributed by atoms with Crippen molar-refractivity contribution in [3.05, 3.63) is 16.1 Å². The van der Waals surface area contributed by atoms with Crippen LogP contribution < -0.4 is 0 Å². The number of carbonyl (C=O) groups is 1. The fourth-order valence-corrected chi connectivity index (χ4v) is 3.66. The van der Waals surface area contributed by atoms with Gasteiger partial charge in [0.25, 0.3) is 0 Å². The van der Waals surface area contributed by atoms with E-state index in [-0.39, 0.29) is 6.54 Å². The summed E-state index contributed by atoms with van der Waals surface area (Å²) in [7, 11) is 0. The Balaban J connectivity index is 1.80. The van der Waals surface area contributed by atoms with Gasteiger partial charge in [-0.2, -0.15) is 0 Å². The minimum atomic E-state index is -0.728. The summed E-state index contributed by atoms with van der Waals surface area (Å²) in [5.41, 5.74) is 1.17. The average Bonchev–Trinajstić information content (AvgIpc) is 2.93. The zero-order chi connectivity index (χ0) is 15.2. The second kappa shape index (κ2) is 7.87. The van der Waals surface area contributed by atoms with Crippen LogP contribution in [-0.4, -0.2) is 58.1 Å². The van der Waals surface area contributed by atoms with Crippen LogP contribution in [0, 0.1) is 0 Å². The van der Waals surface area contributed by atoms with E-state index in [4.69, 9.17) is 5.11 Å². The zero-order valence-electron chi connectivity index (χ0n) is 12.9. The Kier molecular flexibility index (Phi) is 6.14. The van der Waals surface area contributed by atoms with Crippen LogP contribution in [0.4, 0.5) is 0 Å². The lowest BCUT2D eigenvalue weighted by molar-refractivity contribution is -0.139. The number of carboxylic acid groups (broad SMARTS) is 1. The van der Waals surface area contributed by atoms with Gasteiger partial charge in [0.2, 0.25) is 0 Å². The van der Waals surface area contributed by atoms with Gasteiger partial charge in [-0.15, -0.1) is 11.3 Å². The van der Waals surface area contributed by atoms with Crippen molar-refractivity contribution in [2.24, 2.45) is 0 Å². The molecule has 0 aliphatic carbocycles. The summed E-state index contributed by atoms with van der Waals surface area (Å²) >= 11 is 1.74. The Morgan fingerprint density at radius 1 is 1.48 bits per heavy atom. The van der Waals surface area contributed by atoms with Crippen LogP contribution >= 0.6 is 11.3 Å².